The summed E-state index contributed by atoms with van der Waals surface area (Å²) in [4.78, 5) is 8.50. The van der Waals surface area contributed by atoms with E-state index in [9.17, 15) is 0 Å². The summed E-state index contributed by atoms with van der Waals surface area (Å²) in [6.45, 7) is 9.11. The maximum atomic E-state index is 5.95. The van der Waals surface area contributed by atoms with Gasteiger partial charge in [0.1, 0.15) is 17.9 Å². The zero-order valence-corrected chi connectivity index (χ0v) is 12.5. The Kier molecular flexibility index (Phi) is 4.56. The van der Waals surface area contributed by atoms with Crippen LogP contribution in [-0.2, 0) is 0 Å². The van der Waals surface area contributed by atoms with Crippen molar-refractivity contribution in [2.75, 3.05) is 11.9 Å². The lowest BCUT2D eigenvalue weighted by Gasteiger charge is -2.13. The predicted molar refractivity (Wildman–Crippen MR) is 81.5 cm³/mol. The average molecular weight is 271 g/mol. The first kappa shape index (κ1) is 14.3. The van der Waals surface area contributed by atoms with Crippen LogP contribution in [-0.4, -0.2) is 16.5 Å². The van der Waals surface area contributed by atoms with Gasteiger partial charge in [-0.1, -0.05) is 19.1 Å². The van der Waals surface area contributed by atoms with E-state index in [1.54, 1.807) is 0 Å². The van der Waals surface area contributed by atoms with Crippen LogP contribution in [0.5, 0.6) is 11.6 Å². The highest BCUT2D eigenvalue weighted by molar-refractivity contribution is 5.49. The highest BCUT2D eigenvalue weighted by Gasteiger charge is 2.10. The molecule has 0 aliphatic heterocycles. The summed E-state index contributed by atoms with van der Waals surface area (Å²) in [5, 5.41) is 3.28. The summed E-state index contributed by atoms with van der Waals surface area (Å²) < 4.78 is 5.95. The van der Waals surface area contributed by atoms with E-state index in [0.29, 0.717) is 5.88 Å². The molecule has 0 unspecified atom stereocenters. The molecule has 2 rings (SSSR count). The smallest absolute Gasteiger partial charge is 0.227 e. The maximum Gasteiger partial charge on any atom is 0.227 e. The maximum absolute atomic E-state index is 5.95. The molecule has 0 amide bonds. The number of aromatic nitrogens is 2. The molecule has 0 bridgehead atoms. The quantitative estimate of drug-likeness (QED) is 0.892. The number of nitrogens with zero attached hydrogens (tertiary/aromatic N) is 2. The van der Waals surface area contributed by atoms with Crippen LogP contribution in [0.25, 0.3) is 0 Å². The van der Waals surface area contributed by atoms with Crippen LogP contribution in [0.2, 0.25) is 0 Å². The molecule has 4 heteroatoms. The first-order valence-electron chi connectivity index (χ1n) is 6.93. The minimum atomic E-state index is 0.604. The number of benzene rings is 1. The minimum absolute atomic E-state index is 0.604. The molecule has 4 nitrogen and oxygen atoms in total. The standard InChI is InChI=1S/C16H21N3O/c1-5-9-17-15-13(4)16(19-10-18-15)20-14-8-6-7-11(2)12(14)3/h6-8,10H,5,9H2,1-4H3,(H,17,18,19). The number of nitrogens with one attached hydrogen (secondary N) is 1. The molecule has 1 heterocycles. The van der Waals surface area contributed by atoms with E-state index in [2.05, 4.69) is 42.1 Å². The third kappa shape index (κ3) is 3.07. The van der Waals surface area contributed by atoms with Crippen LogP contribution in [0.1, 0.15) is 30.0 Å². The molecular formula is C16H21N3O. The third-order valence-electron chi connectivity index (χ3n) is 3.34. The molecule has 2 aromatic rings. The van der Waals surface area contributed by atoms with Gasteiger partial charge in [-0.05, 0) is 44.4 Å². The van der Waals surface area contributed by atoms with Crippen molar-refractivity contribution in [2.24, 2.45) is 0 Å². The van der Waals surface area contributed by atoms with Crippen LogP contribution in [0.4, 0.5) is 5.82 Å². The number of aryl methyl sites for hydroxylation is 1. The van der Waals surface area contributed by atoms with Crippen molar-refractivity contribution in [1.82, 2.24) is 9.97 Å². The molecule has 0 saturated heterocycles. The summed E-state index contributed by atoms with van der Waals surface area (Å²) in [5.74, 6) is 2.28. The predicted octanol–water partition coefficient (Wildman–Crippen LogP) is 4.02. The van der Waals surface area contributed by atoms with Gasteiger partial charge in [-0.3, -0.25) is 0 Å². The highest BCUT2D eigenvalue weighted by Crippen LogP contribution is 2.29. The number of hydrogen-bond acceptors (Lipinski definition) is 4. The van der Waals surface area contributed by atoms with Gasteiger partial charge in [-0.15, -0.1) is 0 Å². The van der Waals surface area contributed by atoms with E-state index >= 15 is 0 Å². The molecule has 1 N–H and O–H groups in total. The molecule has 0 spiro atoms. The first-order chi connectivity index (χ1) is 9.63. The van der Waals surface area contributed by atoms with E-state index in [0.717, 1.165) is 35.7 Å². The average Bonchev–Trinajstić information content (AvgIpc) is 2.44. The summed E-state index contributed by atoms with van der Waals surface area (Å²) in [6, 6.07) is 6.02. The monoisotopic (exact) mass is 271 g/mol. The Balaban J connectivity index is 2.27. The molecule has 1 aromatic heterocycles. The number of rotatable bonds is 5. The lowest BCUT2D eigenvalue weighted by molar-refractivity contribution is 0.454. The minimum Gasteiger partial charge on any atom is -0.438 e. The molecule has 0 atom stereocenters. The Morgan fingerprint density at radius 3 is 2.65 bits per heavy atom. The topological polar surface area (TPSA) is 47.0 Å². The Morgan fingerprint density at radius 2 is 1.90 bits per heavy atom. The summed E-state index contributed by atoms with van der Waals surface area (Å²) in [6.07, 6.45) is 2.59. The van der Waals surface area contributed by atoms with Crippen molar-refractivity contribution in [3.63, 3.8) is 0 Å². The second-order valence-corrected chi connectivity index (χ2v) is 4.88. The lowest BCUT2D eigenvalue weighted by Crippen LogP contribution is -2.05. The summed E-state index contributed by atoms with van der Waals surface area (Å²) in [5.41, 5.74) is 3.27. The van der Waals surface area contributed by atoms with E-state index < -0.39 is 0 Å². The second kappa shape index (κ2) is 6.37. The van der Waals surface area contributed by atoms with Crippen molar-refractivity contribution in [3.05, 3.63) is 41.2 Å². The van der Waals surface area contributed by atoms with Crippen LogP contribution in [0, 0.1) is 20.8 Å². The fraction of sp³-hybridized carbons (Fsp3) is 0.375. The van der Waals surface area contributed by atoms with Gasteiger partial charge < -0.3 is 10.1 Å². The molecular weight excluding hydrogens is 250 g/mol. The van der Waals surface area contributed by atoms with Gasteiger partial charge in [-0.25, -0.2) is 9.97 Å². The summed E-state index contributed by atoms with van der Waals surface area (Å²) in [7, 11) is 0. The first-order valence-corrected chi connectivity index (χ1v) is 6.93. The molecule has 0 aliphatic carbocycles. The van der Waals surface area contributed by atoms with Crippen molar-refractivity contribution >= 4 is 5.82 Å². The Bertz CT molecular complexity index is 596. The van der Waals surface area contributed by atoms with E-state index in [1.165, 1.54) is 11.9 Å². The van der Waals surface area contributed by atoms with Crippen LogP contribution >= 0.6 is 0 Å². The molecule has 20 heavy (non-hydrogen) atoms. The van der Waals surface area contributed by atoms with Crippen LogP contribution in [0.15, 0.2) is 24.5 Å². The fourth-order valence-corrected chi connectivity index (χ4v) is 1.90. The van der Waals surface area contributed by atoms with Gasteiger partial charge in [0.2, 0.25) is 5.88 Å². The van der Waals surface area contributed by atoms with E-state index in [4.69, 9.17) is 4.74 Å². The van der Waals surface area contributed by atoms with Gasteiger partial charge in [-0.2, -0.15) is 0 Å². The highest BCUT2D eigenvalue weighted by atomic mass is 16.5. The van der Waals surface area contributed by atoms with Crippen LogP contribution < -0.4 is 10.1 Å². The molecule has 0 aliphatic rings. The van der Waals surface area contributed by atoms with Crippen molar-refractivity contribution in [3.8, 4) is 11.6 Å². The van der Waals surface area contributed by atoms with Crippen molar-refractivity contribution in [2.45, 2.75) is 34.1 Å². The normalized spacial score (nSPS) is 10.4. The van der Waals surface area contributed by atoms with Crippen LogP contribution in [0.3, 0.4) is 0 Å². The van der Waals surface area contributed by atoms with Gasteiger partial charge in [0, 0.05) is 6.54 Å². The van der Waals surface area contributed by atoms with Gasteiger partial charge in [0.15, 0.2) is 0 Å². The van der Waals surface area contributed by atoms with Crippen molar-refractivity contribution in [1.29, 1.82) is 0 Å². The van der Waals surface area contributed by atoms with Gasteiger partial charge in [0.05, 0.1) is 5.56 Å². The molecule has 0 fully saturated rings. The number of hydrogen-bond donors (Lipinski definition) is 1. The fourth-order valence-electron chi connectivity index (χ4n) is 1.90. The summed E-state index contributed by atoms with van der Waals surface area (Å²) >= 11 is 0. The van der Waals surface area contributed by atoms with E-state index in [-0.39, 0.29) is 0 Å². The third-order valence-corrected chi connectivity index (χ3v) is 3.34. The zero-order valence-electron chi connectivity index (χ0n) is 12.5. The van der Waals surface area contributed by atoms with E-state index in [1.807, 2.05) is 19.1 Å². The SMILES string of the molecule is CCCNc1ncnc(Oc2cccc(C)c2C)c1C. The Hall–Kier alpha value is -2.10. The number of ether oxygens (including phenoxy) is 1. The largest absolute Gasteiger partial charge is 0.438 e. The number of anilines is 1. The van der Waals surface area contributed by atoms with Gasteiger partial charge >= 0.3 is 0 Å². The zero-order chi connectivity index (χ0) is 14.5. The van der Waals surface area contributed by atoms with Crippen molar-refractivity contribution < 1.29 is 4.74 Å². The Morgan fingerprint density at radius 1 is 1.10 bits per heavy atom. The second-order valence-electron chi connectivity index (χ2n) is 4.88. The molecule has 106 valence electrons. The molecule has 0 radical (unpaired) electrons. The molecule has 1 aromatic carbocycles. The lowest BCUT2D eigenvalue weighted by atomic mass is 10.1. The Labute approximate surface area is 120 Å². The van der Waals surface area contributed by atoms with Gasteiger partial charge in [0.25, 0.3) is 0 Å². The molecule has 0 saturated carbocycles.